The third-order valence-corrected chi connectivity index (χ3v) is 4.79. The van der Waals surface area contributed by atoms with Crippen molar-refractivity contribution in [3.05, 3.63) is 30.2 Å². The second kappa shape index (κ2) is 8.77. The van der Waals surface area contributed by atoms with Gasteiger partial charge in [0, 0.05) is 37.0 Å². The van der Waals surface area contributed by atoms with Crippen LogP contribution in [0.4, 0.5) is 11.5 Å². The summed E-state index contributed by atoms with van der Waals surface area (Å²) in [4.78, 5) is 23.4. The van der Waals surface area contributed by atoms with Gasteiger partial charge in [-0.2, -0.15) is 0 Å². The molecule has 3 rings (SSSR count). The van der Waals surface area contributed by atoms with Crippen molar-refractivity contribution in [1.29, 1.82) is 0 Å². The first kappa shape index (κ1) is 19.7. The molecule has 0 radical (unpaired) electrons. The molecule has 8 heteroatoms. The van der Waals surface area contributed by atoms with E-state index in [4.69, 9.17) is 14.2 Å². The number of carbonyl (C=O) groups is 1. The van der Waals surface area contributed by atoms with Crippen LogP contribution < -0.4 is 24.4 Å². The Kier molecular flexibility index (Phi) is 6.18. The topological polar surface area (TPSA) is 85.8 Å². The quantitative estimate of drug-likeness (QED) is 0.817. The Morgan fingerprint density at radius 3 is 2.43 bits per heavy atom. The van der Waals surface area contributed by atoms with Crippen molar-refractivity contribution in [1.82, 2.24) is 9.97 Å². The fraction of sp³-hybridized carbons (Fsp3) is 0.450. The molecule has 1 unspecified atom stereocenters. The third-order valence-electron chi connectivity index (χ3n) is 4.79. The molecule has 2 aromatic rings. The van der Waals surface area contributed by atoms with E-state index < -0.39 is 0 Å². The predicted octanol–water partition coefficient (Wildman–Crippen LogP) is 2.99. The first-order chi connectivity index (χ1) is 13.5. The molecular formula is C20H26N4O4. The number of benzene rings is 1. The van der Waals surface area contributed by atoms with Crippen molar-refractivity contribution in [3.63, 3.8) is 0 Å². The molecule has 0 bridgehead atoms. The minimum absolute atomic E-state index is 0.303. The van der Waals surface area contributed by atoms with Crippen molar-refractivity contribution in [2.75, 3.05) is 44.6 Å². The standard InChI is InChI=1S/C20H26N4O4/c1-13-6-5-7-24(11-13)18-10-15(21-12-22-18)20(25)23-14-8-16(26-2)19(28-4)17(9-14)27-3/h8-10,12-13H,5-7,11H2,1-4H3,(H,23,25). The van der Waals surface area contributed by atoms with Gasteiger partial charge in [-0.1, -0.05) is 6.92 Å². The van der Waals surface area contributed by atoms with Gasteiger partial charge in [0.25, 0.3) is 5.91 Å². The fourth-order valence-electron chi connectivity index (χ4n) is 3.39. The molecule has 150 valence electrons. The van der Waals surface area contributed by atoms with Gasteiger partial charge in [0.15, 0.2) is 11.5 Å². The number of methoxy groups -OCH3 is 3. The number of carbonyl (C=O) groups excluding carboxylic acids is 1. The highest BCUT2D eigenvalue weighted by atomic mass is 16.5. The zero-order valence-electron chi connectivity index (χ0n) is 16.7. The van der Waals surface area contributed by atoms with E-state index in [1.807, 2.05) is 0 Å². The summed E-state index contributed by atoms with van der Waals surface area (Å²) < 4.78 is 16.0. The lowest BCUT2D eigenvalue weighted by atomic mass is 10.0. The fourth-order valence-corrected chi connectivity index (χ4v) is 3.39. The Labute approximate surface area is 164 Å². The lowest BCUT2D eigenvalue weighted by Gasteiger charge is -2.31. The summed E-state index contributed by atoms with van der Waals surface area (Å²) in [7, 11) is 4.58. The Hall–Kier alpha value is -3.03. The Balaban J connectivity index is 1.81. The van der Waals surface area contributed by atoms with Gasteiger partial charge in [-0.3, -0.25) is 4.79 Å². The van der Waals surface area contributed by atoms with Crippen LogP contribution in [-0.2, 0) is 0 Å². The second-order valence-corrected chi connectivity index (χ2v) is 6.82. The molecule has 0 spiro atoms. The van der Waals surface area contributed by atoms with E-state index in [1.165, 1.54) is 34.1 Å². The van der Waals surface area contributed by atoms with Gasteiger partial charge in [0.1, 0.15) is 17.8 Å². The number of hydrogen-bond donors (Lipinski definition) is 1. The maximum Gasteiger partial charge on any atom is 0.274 e. The highest BCUT2D eigenvalue weighted by Gasteiger charge is 2.20. The molecule has 1 atom stereocenters. The number of amides is 1. The van der Waals surface area contributed by atoms with Crippen LogP contribution in [0, 0.1) is 5.92 Å². The Bertz CT molecular complexity index is 818. The van der Waals surface area contributed by atoms with Gasteiger partial charge in [-0.25, -0.2) is 9.97 Å². The monoisotopic (exact) mass is 386 g/mol. The number of hydrogen-bond acceptors (Lipinski definition) is 7. The molecule has 0 saturated carbocycles. The summed E-state index contributed by atoms with van der Waals surface area (Å²) in [5, 5.41) is 2.83. The number of nitrogens with zero attached hydrogens (tertiary/aromatic N) is 3. The molecule has 28 heavy (non-hydrogen) atoms. The first-order valence-corrected chi connectivity index (χ1v) is 9.24. The van der Waals surface area contributed by atoms with E-state index in [-0.39, 0.29) is 5.91 Å². The van der Waals surface area contributed by atoms with Crippen molar-refractivity contribution >= 4 is 17.4 Å². The molecule has 8 nitrogen and oxygen atoms in total. The van der Waals surface area contributed by atoms with Crippen molar-refractivity contribution in [2.45, 2.75) is 19.8 Å². The van der Waals surface area contributed by atoms with E-state index in [2.05, 4.69) is 27.1 Å². The van der Waals surface area contributed by atoms with Gasteiger partial charge in [0.05, 0.1) is 21.3 Å². The average molecular weight is 386 g/mol. The van der Waals surface area contributed by atoms with Crippen LogP contribution in [-0.4, -0.2) is 50.3 Å². The predicted molar refractivity (Wildman–Crippen MR) is 107 cm³/mol. The van der Waals surface area contributed by atoms with Crippen LogP contribution in [0.2, 0.25) is 0 Å². The van der Waals surface area contributed by atoms with Gasteiger partial charge in [0.2, 0.25) is 5.75 Å². The highest BCUT2D eigenvalue weighted by Crippen LogP contribution is 2.40. The molecule has 1 aliphatic heterocycles. The molecule has 1 aromatic heterocycles. The molecule has 2 heterocycles. The molecule has 1 fully saturated rings. The number of nitrogens with one attached hydrogen (secondary N) is 1. The summed E-state index contributed by atoms with van der Waals surface area (Å²) in [6.07, 6.45) is 3.77. The average Bonchev–Trinajstić information content (AvgIpc) is 2.73. The van der Waals surface area contributed by atoms with Crippen LogP contribution in [0.15, 0.2) is 24.5 Å². The van der Waals surface area contributed by atoms with Gasteiger partial charge in [-0.05, 0) is 18.8 Å². The summed E-state index contributed by atoms with van der Waals surface area (Å²) in [5.74, 6) is 2.44. The highest BCUT2D eigenvalue weighted by molar-refractivity contribution is 6.03. The largest absolute Gasteiger partial charge is 0.493 e. The van der Waals surface area contributed by atoms with E-state index in [0.29, 0.717) is 34.5 Å². The number of aromatic nitrogens is 2. The number of piperidine rings is 1. The summed E-state index contributed by atoms with van der Waals surface area (Å²) in [6.45, 7) is 4.10. The molecule has 1 aliphatic rings. The van der Waals surface area contributed by atoms with E-state index in [9.17, 15) is 4.79 Å². The maximum atomic E-state index is 12.7. The summed E-state index contributed by atoms with van der Waals surface area (Å²) in [6, 6.07) is 5.08. The van der Waals surface area contributed by atoms with Crippen LogP contribution in [0.1, 0.15) is 30.3 Å². The second-order valence-electron chi connectivity index (χ2n) is 6.82. The Morgan fingerprint density at radius 1 is 1.11 bits per heavy atom. The lowest BCUT2D eigenvalue weighted by molar-refractivity contribution is 0.102. The van der Waals surface area contributed by atoms with Crippen LogP contribution in [0.3, 0.4) is 0 Å². The van der Waals surface area contributed by atoms with E-state index in [1.54, 1.807) is 18.2 Å². The van der Waals surface area contributed by atoms with Crippen LogP contribution >= 0.6 is 0 Å². The molecule has 1 N–H and O–H groups in total. The van der Waals surface area contributed by atoms with E-state index >= 15 is 0 Å². The lowest BCUT2D eigenvalue weighted by Crippen LogP contribution is -2.35. The normalized spacial score (nSPS) is 16.4. The zero-order chi connectivity index (χ0) is 20.1. The van der Waals surface area contributed by atoms with E-state index in [0.717, 1.165) is 25.3 Å². The van der Waals surface area contributed by atoms with Crippen molar-refractivity contribution in [3.8, 4) is 17.2 Å². The minimum Gasteiger partial charge on any atom is -0.493 e. The summed E-state index contributed by atoms with van der Waals surface area (Å²) in [5.41, 5.74) is 0.822. The smallest absolute Gasteiger partial charge is 0.274 e. The molecule has 1 aromatic carbocycles. The summed E-state index contributed by atoms with van der Waals surface area (Å²) >= 11 is 0. The minimum atomic E-state index is -0.331. The van der Waals surface area contributed by atoms with Gasteiger partial charge < -0.3 is 24.4 Å². The number of rotatable bonds is 6. The zero-order valence-corrected chi connectivity index (χ0v) is 16.7. The molecule has 0 aliphatic carbocycles. The molecular weight excluding hydrogens is 360 g/mol. The van der Waals surface area contributed by atoms with Gasteiger partial charge in [-0.15, -0.1) is 0 Å². The molecule has 1 amide bonds. The Morgan fingerprint density at radius 2 is 1.82 bits per heavy atom. The van der Waals surface area contributed by atoms with Crippen LogP contribution in [0.25, 0.3) is 0 Å². The third kappa shape index (κ3) is 4.27. The number of anilines is 2. The van der Waals surface area contributed by atoms with Crippen LogP contribution in [0.5, 0.6) is 17.2 Å². The SMILES string of the molecule is COc1cc(NC(=O)c2cc(N3CCCC(C)C3)ncn2)cc(OC)c1OC. The number of ether oxygens (including phenoxy) is 3. The first-order valence-electron chi connectivity index (χ1n) is 9.24. The van der Waals surface area contributed by atoms with Gasteiger partial charge >= 0.3 is 0 Å². The maximum absolute atomic E-state index is 12.7. The van der Waals surface area contributed by atoms with Crippen molar-refractivity contribution in [2.24, 2.45) is 5.92 Å². The molecule has 1 saturated heterocycles. The van der Waals surface area contributed by atoms with Crippen molar-refractivity contribution < 1.29 is 19.0 Å².